The van der Waals surface area contributed by atoms with Gasteiger partial charge in [0.15, 0.2) is 5.82 Å². The molecule has 27 heavy (non-hydrogen) atoms. The van der Waals surface area contributed by atoms with E-state index in [0.29, 0.717) is 30.2 Å². The highest BCUT2D eigenvalue weighted by molar-refractivity contribution is 7.07. The minimum atomic E-state index is -0.491. The number of imidazole rings is 1. The first-order valence-corrected chi connectivity index (χ1v) is 9.42. The molecular weight excluding hydrogens is 362 g/mol. The molecule has 7 heteroatoms. The molecule has 6 nitrogen and oxygen atoms in total. The molecule has 0 spiro atoms. The number of hydrogen-bond donors (Lipinski definition) is 0. The number of carbonyl (C=O) groups excluding carboxylic acids is 1. The fourth-order valence-corrected chi connectivity index (χ4v) is 3.25. The second kappa shape index (κ2) is 8.11. The Hall–Kier alpha value is -3.03. The molecule has 0 atom stereocenters. The molecule has 0 unspecified atom stereocenters. The second-order valence-electron chi connectivity index (χ2n) is 5.79. The van der Waals surface area contributed by atoms with Gasteiger partial charge in [-0.2, -0.15) is 0 Å². The Morgan fingerprint density at radius 3 is 2.67 bits per heavy atom. The first-order valence-electron chi connectivity index (χ1n) is 8.48. The molecule has 4 rings (SSSR count). The number of para-hydroxylation sites is 2. The summed E-state index contributed by atoms with van der Waals surface area (Å²) in [5.74, 6) is 0.479. The van der Waals surface area contributed by atoms with Crippen molar-refractivity contribution in [2.75, 3.05) is 13.2 Å². The second-order valence-corrected chi connectivity index (χ2v) is 6.50. The first kappa shape index (κ1) is 17.4. The predicted molar refractivity (Wildman–Crippen MR) is 104 cm³/mol. The highest BCUT2D eigenvalue weighted by Crippen LogP contribution is 2.24. The number of rotatable bonds is 6. The first-order chi connectivity index (χ1) is 13.3. The van der Waals surface area contributed by atoms with Crippen LogP contribution in [-0.4, -0.2) is 33.8 Å². The van der Waals surface area contributed by atoms with Crippen LogP contribution in [0.2, 0.25) is 0 Å². The number of aromatic nitrogens is 3. The van der Waals surface area contributed by atoms with Gasteiger partial charge in [0.05, 0.1) is 29.8 Å². The van der Waals surface area contributed by atoms with Crippen LogP contribution in [0.25, 0.3) is 22.6 Å². The summed E-state index contributed by atoms with van der Waals surface area (Å²) in [4.78, 5) is 21.5. The van der Waals surface area contributed by atoms with Crippen molar-refractivity contribution in [3.63, 3.8) is 0 Å². The molecule has 2 aromatic carbocycles. The van der Waals surface area contributed by atoms with Gasteiger partial charge < -0.3 is 9.47 Å². The molecule has 0 aliphatic carbocycles. The van der Waals surface area contributed by atoms with Crippen molar-refractivity contribution in [1.82, 2.24) is 14.5 Å². The van der Waals surface area contributed by atoms with Crippen LogP contribution in [0, 0.1) is 0 Å². The molecule has 136 valence electrons. The average molecular weight is 379 g/mol. The fraction of sp³-hybridized carbons (Fsp3) is 0.150. The number of carbonyl (C=O) groups is 1. The van der Waals surface area contributed by atoms with Gasteiger partial charge in [0.25, 0.3) is 0 Å². The molecule has 0 N–H and O–H groups in total. The van der Waals surface area contributed by atoms with Gasteiger partial charge in [0.1, 0.15) is 12.3 Å². The Bertz CT molecular complexity index is 1030. The SMILES string of the molecule is O=C(OCCOCc1ccccc1)n1c(-c2cscn2)nc2ccccc21. The number of nitrogens with zero attached hydrogens (tertiary/aromatic N) is 3. The molecule has 0 bridgehead atoms. The van der Waals surface area contributed by atoms with Gasteiger partial charge in [-0.3, -0.25) is 0 Å². The zero-order valence-corrected chi connectivity index (χ0v) is 15.3. The molecule has 0 radical (unpaired) electrons. The van der Waals surface area contributed by atoms with Crippen LogP contribution >= 0.6 is 11.3 Å². The van der Waals surface area contributed by atoms with E-state index in [-0.39, 0.29) is 6.61 Å². The number of fused-ring (bicyclic) bond motifs is 1. The third kappa shape index (κ3) is 3.89. The van der Waals surface area contributed by atoms with Gasteiger partial charge in [0.2, 0.25) is 0 Å². The lowest BCUT2D eigenvalue weighted by atomic mass is 10.2. The summed E-state index contributed by atoms with van der Waals surface area (Å²) in [5.41, 5.74) is 4.85. The summed E-state index contributed by atoms with van der Waals surface area (Å²) in [5, 5.41) is 1.86. The molecule has 2 aromatic heterocycles. The molecule has 0 saturated heterocycles. The van der Waals surface area contributed by atoms with Gasteiger partial charge in [-0.1, -0.05) is 42.5 Å². The summed E-state index contributed by atoms with van der Waals surface area (Å²) in [7, 11) is 0. The molecule has 0 aliphatic rings. The Labute approximate surface area is 160 Å². The molecule has 4 aromatic rings. The average Bonchev–Trinajstić information content (AvgIpc) is 3.36. The number of ether oxygens (including phenoxy) is 2. The number of thiazole rings is 1. The Morgan fingerprint density at radius 1 is 1.04 bits per heavy atom. The van der Waals surface area contributed by atoms with Crippen LogP contribution in [-0.2, 0) is 16.1 Å². The van der Waals surface area contributed by atoms with E-state index in [1.807, 2.05) is 60.0 Å². The highest BCUT2D eigenvalue weighted by atomic mass is 32.1. The van der Waals surface area contributed by atoms with E-state index in [9.17, 15) is 4.79 Å². The minimum Gasteiger partial charge on any atom is -0.446 e. The Balaban J connectivity index is 1.44. The summed E-state index contributed by atoms with van der Waals surface area (Å²) in [6.45, 7) is 0.963. The third-order valence-electron chi connectivity index (χ3n) is 3.97. The maximum Gasteiger partial charge on any atom is 0.420 e. The van der Waals surface area contributed by atoms with Crippen LogP contribution in [0.4, 0.5) is 4.79 Å². The van der Waals surface area contributed by atoms with E-state index in [1.54, 1.807) is 5.51 Å². The maximum atomic E-state index is 12.7. The molecule has 0 aliphatic heterocycles. The number of benzene rings is 2. The zero-order chi connectivity index (χ0) is 18.5. The smallest absolute Gasteiger partial charge is 0.420 e. The van der Waals surface area contributed by atoms with Crippen molar-refractivity contribution in [1.29, 1.82) is 0 Å². The van der Waals surface area contributed by atoms with E-state index < -0.39 is 6.09 Å². The van der Waals surface area contributed by atoms with Crippen molar-refractivity contribution in [2.45, 2.75) is 6.61 Å². The quantitative estimate of drug-likeness (QED) is 0.466. The highest BCUT2D eigenvalue weighted by Gasteiger charge is 2.20. The van der Waals surface area contributed by atoms with Gasteiger partial charge in [-0.05, 0) is 17.7 Å². The lowest BCUT2D eigenvalue weighted by molar-refractivity contribution is 0.0657. The topological polar surface area (TPSA) is 66.2 Å². The monoisotopic (exact) mass is 379 g/mol. The van der Waals surface area contributed by atoms with E-state index in [2.05, 4.69) is 9.97 Å². The largest absolute Gasteiger partial charge is 0.446 e. The van der Waals surface area contributed by atoms with E-state index >= 15 is 0 Å². The summed E-state index contributed by atoms with van der Waals surface area (Å²) in [6.07, 6.45) is -0.491. The lowest BCUT2D eigenvalue weighted by Crippen LogP contribution is -2.17. The van der Waals surface area contributed by atoms with Crippen molar-refractivity contribution in [2.24, 2.45) is 0 Å². The minimum absolute atomic E-state index is 0.161. The van der Waals surface area contributed by atoms with Gasteiger partial charge in [-0.15, -0.1) is 11.3 Å². The van der Waals surface area contributed by atoms with Crippen LogP contribution in [0.1, 0.15) is 5.56 Å². The van der Waals surface area contributed by atoms with Crippen molar-refractivity contribution < 1.29 is 14.3 Å². The third-order valence-corrected chi connectivity index (χ3v) is 4.56. The Morgan fingerprint density at radius 2 is 1.85 bits per heavy atom. The molecule has 0 saturated carbocycles. The molecule has 0 amide bonds. The van der Waals surface area contributed by atoms with Gasteiger partial charge in [0, 0.05) is 5.38 Å². The van der Waals surface area contributed by atoms with E-state index in [4.69, 9.17) is 9.47 Å². The molecule has 2 heterocycles. The van der Waals surface area contributed by atoms with E-state index in [1.165, 1.54) is 15.9 Å². The van der Waals surface area contributed by atoms with Crippen LogP contribution in [0.5, 0.6) is 0 Å². The standard InChI is InChI=1S/C20H17N3O3S/c24-20(26-11-10-25-12-15-6-2-1-3-7-15)23-18-9-5-4-8-16(18)22-19(23)17-13-27-14-21-17/h1-9,13-14H,10-12H2. The predicted octanol–water partition coefficient (Wildman–Crippen LogP) is 4.36. The fourth-order valence-electron chi connectivity index (χ4n) is 2.72. The van der Waals surface area contributed by atoms with Crippen molar-refractivity contribution in [3.05, 3.63) is 71.1 Å². The molecular formula is C20H17N3O3S. The summed E-state index contributed by atoms with van der Waals surface area (Å²) >= 11 is 1.45. The van der Waals surface area contributed by atoms with Crippen molar-refractivity contribution in [3.8, 4) is 11.5 Å². The normalized spacial score (nSPS) is 11.0. The van der Waals surface area contributed by atoms with Crippen LogP contribution in [0.3, 0.4) is 0 Å². The maximum absolute atomic E-state index is 12.7. The Kier molecular flexibility index (Phi) is 5.22. The van der Waals surface area contributed by atoms with Crippen LogP contribution < -0.4 is 0 Å². The zero-order valence-electron chi connectivity index (χ0n) is 14.4. The van der Waals surface area contributed by atoms with E-state index in [0.717, 1.165) is 11.1 Å². The van der Waals surface area contributed by atoms with Crippen molar-refractivity contribution >= 4 is 28.5 Å². The summed E-state index contributed by atoms with van der Waals surface area (Å²) in [6, 6.07) is 17.3. The lowest BCUT2D eigenvalue weighted by Gasteiger charge is -2.09. The molecule has 0 fully saturated rings. The van der Waals surface area contributed by atoms with Gasteiger partial charge >= 0.3 is 6.09 Å². The van der Waals surface area contributed by atoms with Gasteiger partial charge in [-0.25, -0.2) is 19.3 Å². The van der Waals surface area contributed by atoms with Crippen LogP contribution in [0.15, 0.2) is 65.5 Å². The summed E-state index contributed by atoms with van der Waals surface area (Å²) < 4.78 is 12.4. The number of hydrogen-bond acceptors (Lipinski definition) is 6.